The molecule has 0 unspecified atom stereocenters. The standard InChI is InChI=1S/C12H12F3N3S/c1-2-8-6-17-10(19-8)7-18-11-9(12(13,14)15)4-3-5-16-11/h3-6H,2,7H2,1H3,(H,16,18). The van der Waals surface area contributed by atoms with E-state index in [4.69, 9.17) is 0 Å². The largest absolute Gasteiger partial charge is 0.419 e. The van der Waals surface area contributed by atoms with Crippen LogP contribution in [0.4, 0.5) is 19.0 Å². The van der Waals surface area contributed by atoms with Crippen LogP contribution in [-0.2, 0) is 19.1 Å². The summed E-state index contributed by atoms with van der Waals surface area (Å²) >= 11 is 1.48. The Hall–Kier alpha value is -1.63. The average Bonchev–Trinajstić information content (AvgIpc) is 2.83. The fourth-order valence-electron chi connectivity index (χ4n) is 1.53. The number of nitrogens with one attached hydrogen (secondary N) is 1. The lowest BCUT2D eigenvalue weighted by atomic mass is 10.2. The van der Waals surface area contributed by atoms with E-state index < -0.39 is 11.7 Å². The number of thiazole rings is 1. The smallest absolute Gasteiger partial charge is 0.363 e. The van der Waals surface area contributed by atoms with Gasteiger partial charge in [-0.25, -0.2) is 9.97 Å². The highest BCUT2D eigenvalue weighted by Crippen LogP contribution is 2.33. The van der Waals surface area contributed by atoms with Crippen molar-refractivity contribution in [2.75, 3.05) is 5.32 Å². The first-order valence-electron chi connectivity index (χ1n) is 5.70. The highest BCUT2D eigenvalue weighted by Gasteiger charge is 2.33. The first-order chi connectivity index (χ1) is 9.00. The Kier molecular flexibility index (Phi) is 4.04. The van der Waals surface area contributed by atoms with Gasteiger partial charge in [0.25, 0.3) is 0 Å². The van der Waals surface area contributed by atoms with Gasteiger partial charge in [0.2, 0.25) is 0 Å². The van der Waals surface area contributed by atoms with E-state index >= 15 is 0 Å². The van der Waals surface area contributed by atoms with Crippen molar-refractivity contribution < 1.29 is 13.2 Å². The van der Waals surface area contributed by atoms with Gasteiger partial charge in [-0.2, -0.15) is 13.2 Å². The van der Waals surface area contributed by atoms with Crippen molar-refractivity contribution in [1.82, 2.24) is 9.97 Å². The SMILES string of the molecule is CCc1cnc(CNc2ncccc2C(F)(F)F)s1. The summed E-state index contributed by atoms with van der Waals surface area (Å²) in [6.07, 6.45) is -0.467. The lowest BCUT2D eigenvalue weighted by Crippen LogP contribution is -2.12. The Labute approximate surface area is 112 Å². The minimum Gasteiger partial charge on any atom is -0.363 e. The molecule has 1 N–H and O–H groups in total. The van der Waals surface area contributed by atoms with Crippen LogP contribution in [0.2, 0.25) is 0 Å². The predicted molar refractivity (Wildman–Crippen MR) is 68.1 cm³/mol. The van der Waals surface area contributed by atoms with E-state index in [2.05, 4.69) is 15.3 Å². The Bertz CT molecular complexity index is 551. The number of pyridine rings is 1. The van der Waals surface area contributed by atoms with E-state index in [1.807, 2.05) is 6.92 Å². The number of aromatic nitrogens is 2. The van der Waals surface area contributed by atoms with Gasteiger partial charge in [-0.1, -0.05) is 6.92 Å². The summed E-state index contributed by atoms with van der Waals surface area (Å²) in [7, 11) is 0. The van der Waals surface area contributed by atoms with Gasteiger partial charge in [0.1, 0.15) is 10.8 Å². The molecule has 102 valence electrons. The van der Waals surface area contributed by atoms with Gasteiger partial charge >= 0.3 is 6.18 Å². The number of hydrogen-bond donors (Lipinski definition) is 1. The molecular formula is C12H12F3N3S. The third-order valence-corrected chi connectivity index (χ3v) is 3.61. The molecule has 2 aromatic rings. The van der Waals surface area contributed by atoms with Crippen molar-refractivity contribution in [1.29, 1.82) is 0 Å². The predicted octanol–water partition coefficient (Wildman–Crippen LogP) is 3.73. The van der Waals surface area contributed by atoms with Crippen molar-refractivity contribution in [2.24, 2.45) is 0 Å². The lowest BCUT2D eigenvalue weighted by molar-refractivity contribution is -0.137. The maximum atomic E-state index is 12.7. The number of nitrogens with zero attached hydrogens (tertiary/aromatic N) is 2. The summed E-state index contributed by atoms with van der Waals surface area (Å²) in [6.45, 7) is 2.25. The van der Waals surface area contributed by atoms with Crippen LogP contribution in [-0.4, -0.2) is 9.97 Å². The van der Waals surface area contributed by atoms with Crippen LogP contribution < -0.4 is 5.32 Å². The lowest BCUT2D eigenvalue weighted by Gasteiger charge is -2.12. The van der Waals surface area contributed by atoms with Gasteiger partial charge in [-0.15, -0.1) is 11.3 Å². The fourth-order valence-corrected chi connectivity index (χ4v) is 2.33. The molecular weight excluding hydrogens is 275 g/mol. The van der Waals surface area contributed by atoms with Crippen molar-refractivity contribution in [3.63, 3.8) is 0 Å². The Morgan fingerprint density at radius 3 is 2.74 bits per heavy atom. The van der Waals surface area contributed by atoms with Crippen LogP contribution in [0, 0.1) is 0 Å². The number of anilines is 1. The van der Waals surface area contributed by atoms with Crippen LogP contribution in [0.25, 0.3) is 0 Å². The van der Waals surface area contributed by atoms with Gasteiger partial charge in [0, 0.05) is 17.3 Å². The Morgan fingerprint density at radius 1 is 1.32 bits per heavy atom. The second-order valence-corrected chi connectivity index (χ2v) is 5.02. The minimum absolute atomic E-state index is 0.164. The number of rotatable bonds is 4. The third-order valence-electron chi connectivity index (χ3n) is 2.47. The molecule has 3 nitrogen and oxygen atoms in total. The topological polar surface area (TPSA) is 37.8 Å². The molecule has 0 aliphatic rings. The highest BCUT2D eigenvalue weighted by molar-refractivity contribution is 7.11. The molecule has 0 aliphatic heterocycles. The number of aryl methyl sites for hydroxylation is 1. The Morgan fingerprint density at radius 2 is 2.11 bits per heavy atom. The molecule has 19 heavy (non-hydrogen) atoms. The van der Waals surface area contributed by atoms with E-state index in [0.717, 1.165) is 22.4 Å². The summed E-state index contributed by atoms with van der Waals surface area (Å²) in [5.74, 6) is -0.164. The zero-order chi connectivity index (χ0) is 13.9. The first-order valence-corrected chi connectivity index (χ1v) is 6.52. The molecule has 0 bridgehead atoms. The number of alkyl halides is 3. The van der Waals surface area contributed by atoms with Crippen molar-refractivity contribution in [2.45, 2.75) is 26.1 Å². The van der Waals surface area contributed by atoms with Gasteiger partial charge < -0.3 is 5.32 Å². The second kappa shape index (κ2) is 5.56. The van der Waals surface area contributed by atoms with Crippen molar-refractivity contribution >= 4 is 17.2 Å². The summed E-state index contributed by atoms with van der Waals surface area (Å²) in [6, 6.07) is 2.28. The second-order valence-electron chi connectivity index (χ2n) is 3.82. The zero-order valence-corrected chi connectivity index (χ0v) is 11.0. The normalized spacial score (nSPS) is 11.6. The molecule has 2 rings (SSSR count). The molecule has 0 atom stereocenters. The van der Waals surface area contributed by atoms with E-state index in [0.29, 0.717) is 0 Å². The highest BCUT2D eigenvalue weighted by atomic mass is 32.1. The summed E-state index contributed by atoms with van der Waals surface area (Å²) < 4.78 is 38.2. The van der Waals surface area contributed by atoms with Gasteiger partial charge in [-0.3, -0.25) is 0 Å². The van der Waals surface area contributed by atoms with Crippen LogP contribution >= 0.6 is 11.3 Å². The molecule has 0 amide bonds. The number of halogens is 3. The summed E-state index contributed by atoms with van der Waals surface area (Å²) in [5, 5.41) is 3.44. The monoisotopic (exact) mass is 287 g/mol. The number of hydrogen-bond acceptors (Lipinski definition) is 4. The maximum absolute atomic E-state index is 12.7. The first kappa shape index (κ1) is 13.8. The molecule has 2 heterocycles. The molecule has 7 heteroatoms. The van der Waals surface area contributed by atoms with Crippen LogP contribution in [0.15, 0.2) is 24.5 Å². The van der Waals surface area contributed by atoms with E-state index in [1.54, 1.807) is 6.20 Å². The van der Waals surface area contributed by atoms with Gasteiger partial charge in [-0.05, 0) is 18.6 Å². The maximum Gasteiger partial charge on any atom is 0.419 e. The molecule has 0 aliphatic carbocycles. The minimum atomic E-state index is -4.41. The Balaban J connectivity index is 2.11. The van der Waals surface area contributed by atoms with Gasteiger partial charge in [0.05, 0.1) is 12.1 Å². The average molecular weight is 287 g/mol. The van der Waals surface area contributed by atoms with Crippen molar-refractivity contribution in [3.8, 4) is 0 Å². The van der Waals surface area contributed by atoms with Gasteiger partial charge in [0.15, 0.2) is 0 Å². The quantitative estimate of drug-likeness (QED) is 0.931. The third kappa shape index (κ3) is 3.44. The van der Waals surface area contributed by atoms with Crippen LogP contribution in [0.1, 0.15) is 22.4 Å². The van der Waals surface area contributed by atoms with Crippen LogP contribution in [0.5, 0.6) is 0 Å². The molecule has 0 fully saturated rings. The fraction of sp³-hybridized carbons (Fsp3) is 0.333. The summed E-state index contributed by atoms with van der Waals surface area (Å²) in [5.41, 5.74) is -0.762. The molecule has 0 aromatic carbocycles. The summed E-state index contributed by atoms with van der Waals surface area (Å²) in [4.78, 5) is 8.98. The van der Waals surface area contributed by atoms with E-state index in [1.165, 1.54) is 23.6 Å². The molecule has 0 spiro atoms. The molecule has 2 aromatic heterocycles. The molecule has 0 radical (unpaired) electrons. The van der Waals surface area contributed by atoms with E-state index in [9.17, 15) is 13.2 Å². The van der Waals surface area contributed by atoms with Crippen molar-refractivity contribution in [3.05, 3.63) is 40.0 Å². The van der Waals surface area contributed by atoms with Crippen LogP contribution in [0.3, 0.4) is 0 Å². The van der Waals surface area contributed by atoms with E-state index in [-0.39, 0.29) is 12.4 Å². The zero-order valence-electron chi connectivity index (χ0n) is 10.2. The molecule has 0 saturated heterocycles. The molecule has 0 saturated carbocycles.